The number of carbonyl (C=O) groups is 2. The fourth-order valence-electron chi connectivity index (χ4n) is 3.22. The summed E-state index contributed by atoms with van der Waals surface area (Å²) in [5, 5.41) is 2.84. The number of carbonyl (C=O) groups excluding carboxylic acids is 2. The number of urea groups is 1. The predicted octanol–water partition coefficient (Wildman–Crippen LogP) is 4.09. The molecule has 0 radical (unpaired) electrons. The Morgan fingerprint density at radius 3 is 2.50 bits per heavy atom. The smallest absolute Gasteiger partial charge is 0.325 e. The van der Waals surface area contributed by atoms with Gasteiger partial charge >= 0.3 is 6.03 Å². The quantitative estimate of drug-likeness (QED) is 0.786. The molecule has 1 fully saturated rings. The molecule has 1 heterocycles. The second kappa shape index (κ2) is 8.78. The summed E-state index contributed by atoms with van der Waals surface area (Å²) in [7, 11) is 0. The van der Waals surface area contributed by atoms with Crippen molar-refractivity contribution >= 4 is 23.3 Å². The molecule has 148 valence electrons. The highest BCUT2D eigenvalue weighted by atomic mass is 16.5. The van der Waals surface area contributed by atoms with Crippen molar-refractivity contribution in [3.05, 3.63) is 54.1 Å². The Labute approximate surface area is 166 Å². The molecule has 0 saturated carbocycles. The maximum Gasteiger partial charge on any atom is 0.325 e. The van der Waals surface area contributed by atoms with Crippen molar-refractivity contribution in [2.45, 2.75) is 26.7 Å². The molecular formula is C22H27N3O3. The zero-order valence-corrected chi connectivity index (χ0v) is 16.6. The molecule has 1 aliphatic heterocycles. The third-order valence-electron chi connectivity index (χ3n) is 4.76. The van der Waals surface area contributed by atoms with E-state index in [0.717, 1.165) is 5.69 Å². The Bertz CT molecular complexity index is 833. The number of amides is 3. The van der Waals surface area contributed by atoms with Crippen LogP contribution in [0.5, 0.6) is 5.75 Å². The summed E-state index contributed by atoms with van der Waals surface area (Å²) in [6.45, 7) is 7.79. The van der Waals surface area contributed by atoms with Crippen molar-refractivity contribution in [2.75, 3.05) is 36.5 Å². The molecule has 2 aromatic rings. The van der Waals surface area contributed by atoms with Crippen LogP contribution in [0.3, 0.4) is 0 Å². The molecular weight excluding hydrogens is 354 g/mol. The number of ether oxygens (including phenoxy) is 1. The first kappa shape index (κ1) is 19.7. The first-order chi connectivity index (χ1) is 13.5. The molecule has 6 nitrogen and oxygen atoms in total. The van der Waals surface area contributed by atoms with E-state index in [1.54, 1.807) is 15.9 Å². The molecule has 0 aromatic heterocycles. The van der Waals surface area contributed by atoms with Gasteiger partial charge in [-0.25, -0.2) is 4.79 Å². The van der Waals surface area contributed by atoms with E-state index in [-0.39, 0.29) is 18.5 Å². The van der Waals surface area contributed by atoms with Crippen LogP contribution in [0, 0.1) is 0 Å². The summed E-state index contributed by atoms with van der Waals surface area (Å²) in [6, 6.07) is 15.2. The molecule has 0 aliphatic carbocycles. The summed E-state index contributed by atoms with van der Waals surface area (Å²) in [6.07, 6.45) is 0. The van der Waals surface area contributed by atoms with Crippen LogP contribution in [-0.4, -0.2) is 43.1 Å². The summed E-state index contributed by atoms with van der Waals surface area (Å²) in [5.41, 5.74) is 2.71. The van der Waals surface area contributed by atoms with E-state index in [0.29, 0.717) is 37.1 Å². The minimum Gasteiger partial charge on any atom is -0.492 e. The molecule has 3 amide bonds. The van der Waals surface area contributed by atoms with E-state index in [9.17, 15) is 9.59 Å². The monoisotopic (exact) mass is 381 g/mol. The van der Waals surface area contributed by atoms with Gasteiger partial charge < -0.3 is 15.0 Å². The van der Waals surface area contributed by atoms with Crippen molar-refractivity contribution in [3.63, 3.8) is 0 Å². The van der Waals surface area contributed by atoms with Crippen LogP contribution >= 0.6 is 0 Å². The first-order valence-electron chi connectivity index (χ1n) is 9.67. The van der Waals surface area contributed by atoms with E-state index < -0.39 is 0 Å². The van der Waals surface area contributed by atoms with Gasteiger partial charge in [-0.15, -0.1) is 0 Å². The van der Waals surface area contributed by atoms with E-state index in [4.69, 9.17) is 4.74 Å². The van der Waals surface area contributed by atoms with Gasteiger partial charge in [-0.3, -0.25) is 9.69 Å². The number of hydrogen-bond donors (Lipinski definition) is 1. The van der Waals surface area contributed by atoms with Crippen LogP contribution < -0.4 is 15.0 Å². The van der Waals surface area contributed by atoms with E-state index in [1.165, 1.54) is 5.56 Å². The lowest BCUT2D eigenvalue weighted by Gasteiger charge is -2.19. The van der Waals surface area contributed by atoms with Gasteiger partial charge in [0.1, 0.15) is 12.3 Å². The number of benzene rings is 2. The highest BCUT2D eigenvalue weighted by Gasteiger charge is 2.31. The number of nitrogens with zero attached hydrogens (tertiary/aromatic N) is 2. The molecule has 0 unspecified atom stereocenters. The second-order valence-corrected chi connectivity index (χ2v) is 7.08. The molecule has 0 bridgehead atoms. The van der Waals surface area contributed by atoms with Crippen molar-refractivity contribution in [3.8, 4) is 5.75 Å². The number of anilines is 2. The molecule has 1 aliphatic rings. The van der Waals surface area contributed by atoms with Gasteiger partial charge in [-0.05, 0) is 42.7 Å². The summed E-state index contributed by atoms with van der Waals surface area (Å²) < 4.78 is 5.53. The molecule has 1 saturated heterocycles. The highest BCUT2D eigenvalue weighted by Crippen LogP contribution is 2.25. The van der Waals surface area contributed by atoms with Crippen LogP contribution in [0.25, 0.3) is 0 Å². The van der Waals surface area contributed by atoms with Gasteiger partial charge in [0, 0.05) is 18.8 Å². The Morgan fingerprint density at radius 2 is 1.82 bits per heavy atom. The molecule has 1 N–H and O–H groups in total. The van der Waals surface area contributed by atoms with E-state index in [2.05, 4.69) is 19.2 Å². The molecule has 6 heteroatoms. The second-order valence-electron chi connectivity index (χ2n) is 7.08. The topological polar surface area (TPSA) is 61.9 Å². The zero-order valence-electron chi connectivity index (χ0n) is 16.6. The fourth-order valence-corrected chi connectivity index (χ4v) is 3.22. The van der Waals surface area contributed by atoms with Crippen LogP contribution in [0.1, 0.15) is 32.3 Å². The largest absolute Gasteiger partial charge is 0.492 e. The van der Waals surface area contributed by atoms with Gasteiger partial charge in [-0.1, -0.05) is 38.1 Å². The number of nitrogens with one attached hydrogen (secondary N) is 1. The third-order valence-corrected chi connectivity index (χ3v) is 4.76. The van der Waals surface area contributed by atoms with Crippen molar-refractivity contribution in [1.29, 1.82) is 0 Å². The third kappa shape index (κ3) is 4.44. The van der Waals surface area contributed by atoms with Gasteiger partial charge in [0.05, 0.1) is 12.3 Å². The summed E-state index contributed by atoms with van der Waals surface area (Å²) >= 11 is 0. The average Bonchev–Trinajstić information content (AvgIpc) is 3.04. The Morgan fingerprint density at radius 1 is 1.11 bits per heavy atom. The minimum atomic E-state index is -0.238. The highest BCUT2D eigenvalue weighted by molar-refractivity contribution is 5.99. The normalized spacial score (nSPS) is 13.9. The maximum atomic E-state index is 12.7. The number of para-hydroxylation sites is 2. The standard InChI is InChI=1S/C22H27N3O3/c1-4-28-20-8-6-5-7-19(20)23-21(26)15-24-13-14-25(22(24)27)18-11-9-17(10-12-18)16(2)3/h5-12,16H,4,13-15H2,1-3H3,(H,23,26). The number of rotatable bonds is 7. The molecule has 28 heavy (non-hydrogen) atoms. The summed E-state index contributed by atoms with van der Waals surface area (Å²) in [4.78, 5) is 28.5. The molecule has 3 rings (SSSR count). The molecule has 0 spiro atoms. The fraction of sp³-hybridized carbons (Fsp3) is 0.364. The van der Waals surface area contributed by atoms with E-state index in [1.807, 2.05) is 49.4 Å². The van der Waals surface area contributed by atoms with Crippen molar-refractivity contribution < 1.29 is 14.3 Å². The van der Waals surface area contributed by atoms with Crippen molar-refractivity contribution in [2.24, 2.45) is 0 Å². The lowest BCUT2D eigenvalue weighted by Crippen LogP contribution is -2.37. The van der Waals surface area contributed by atoms with Crippen molar-refractivity contribution in [1.82, 2.24) is 4.90 Å². The van der Waals surface area contributed by atoms with E-state index >= 15 is 0 Å². The van der Waals surface area contributed by atoms with Gasteiger partial charge in [0.25, 0.3) is 0 Å². The van der Waals surface area contributed by atoms with Crippen LogP contribution in [0.15, 0.2) is 48.5 Å². The van der Waals surface area contributed by atoms with Crippen LogP contribution in [-0.2, 0) is 4.79 Å². The predicted molar refractivity (Wildman–Crippen MR) is 111 cm³/mol. The first-order valence-corrected chi connectivity index (χ1v) is 9.67. The maximum absolute atomic E-state index is 12.7. The summed E-state index contributed by atoms with van der Waals surface area (Å²) in [5.74, 6) is 0.832. The Hall–Kier alpha value is -3.02. The Balaban J connectivity index is 1.61. The van der Waals surface area contributed by atoms with Gasteiger partial charge in [0.15, 0.2) is 0 Å². The lowest BCUT2D eigenvalue weighted by molar-refractivity contribution is -0.116. The number of hydrogen-bond acceptors (Lipinski definition) is 3. The van der Waals surface area contributed by atoms with Crippen LogP contribution in [0.4, 0.5) is 16.2 Å². The minimum absolute atomic E-state index is 0.0138. The lowest BCUT2D eigenvalue weighted by atomic mass is 10.0. The Kier molecular flexibility index (Phi) is 6.19. The zero-order chi connectivity index (χ0) is 20.1. The SMILES string of the molecule is CCOc1ccccc1NC(=O)CN1CCN(c2ccc(C(C)C)cc2)C1=O. The van der Waals surface area contributed by atoms with Crippen LogP contribution in [0.2, 0.25) is 0 Å². The van der Waals surface area contributed by atoms with Gasteiger partial charge in [-0.2, -0.15) is 0 Å². The average molecular weight is 381 g/mol. The molecule has 0 atom stereocenters. The van der Waals surface area contributed by atoms with Gasteiger partial charge in [0.2, 0.25) is 5.91 Å². The molecule has 2 aromatic carbocycles.